The summed E-state index contributed by atoms with van der Waals surface area (Å²) in [7, 11) is 0. The van der Waals surface area contributed by atoms with Crippen LogP contribution in [0.2, 0.25) is 0 Å². The number of carbonyl (C=O) groups is 1. The minimum atomic E-state index is -0.0808. The molecule has 0 atom stereocenters. The van der Waals surface area contributed by atoms with Crippen LogP contribution in [0.3, 0.4) is 0 Å². The van der Waals surface area contributed by atoms with Gasteiger partial charge in [-0.05, 0) is 37.0 Å². The third kappa shape index (κ3) is 4.37. The Morgan fingerprint density at radius 3 is 2.74 bits per heavy atom. The average Bonchev–Trinajstić information content (AvgIpc) is 2.78. The highest BCUT2D eigenvalue weighted by Crippen LogP contribution is 2.17. The molecule has 5 heteroatoms. The number of aromatic nitrogens is 1. The van der Waals surface area contributed by atoms with Crippen LogP contribution in [0.5, 0.6) is 0 Å². The fraction of sp³-hybridized carbons (Fsp3) is 0.286. The summed E-state index contributed by atoms with van der Waals surface area (Å²) in [5, 5.41) is 5.36. The van der Waals surface area contributed by atoms with Crippen LogP contribution in [-0.4, -0.2) is 10.9 Å². The van der Waals surface area contributed by atoms with Gasteiger partial charge in [0.15, 0.2) is 5.13 Å². The first-order valence-electron chi connectivity index (χ1n) is 6.20. The largest absolute Gasteiger partial charge is 0.399 e. The lowest BCUT2D eigenvalue weighted by molar-refractivity contribution is -0.114. The molecule has 0 saturated heterocycles. The first-order valence-corrected chi connectivity index (χ1v) is 7.08. The van der Waals surface area contributed by atoms with Crippen molar-refractivity contribution in [3.63, 3.8) is 0 Å². The van der Waals surface area contributed by atoms with Gasteiger partial charge in [0.05, 0.1) is 5.69 Å². The smallest absolute Gasteiger partial charge is 0.223 e. The number of hydrogen-bond acceptors (Lipinski definition) is 4. The fourth-order valence-electron chi connectivity index (χ4n) is 1.79. The van der Waals surface area contributed by atoms with Crippen molar-refractivity contribution in [3.05, 3.63) is 40.9 Å². The standard InChI is InChI=1S/C14H17N3OS/c1-10(18)16-14-17-13(9-19-14)4-2-3-11-5-7-12(15)8-6-11/h5-9H,2-4,15H2,1H3,(H,16,17,18). The van der Waals surface area contributed by atoms with Crippen molar-refractivity contribution in [3.8, 4) is 0 Å². The molecule has 3 N–H and O–H groups in total. The number of anilines is 2. The normalized spacial score (nSPS) is 10.4. The molecule has 0 bridgehead atoms. The zero-order chi connectivity index (χ0) is 13.7. The molecule has 0 fully saturated rings. The van der Waals surface area contributed by atoms with E-state index in [0.717, 1.165) is 30.6 Å². The van der Waals surface area contributed by atoms with Crippen LogP contribution in [0.4, 0.5) is 10.8 Å². The molecule has 0 spiro atoms. The van der Waals surface area contributed by atoms with Gasteiger partial charge in [0, 0.05) is 18.0 Å². The number of carbonyl (C=O) groups excluding carboxylic acids is 1. The van der Waals surface area contributed by atoms with Gasteiger partial charge in [-0.25, -0.2) is 4.98 Å². The van der Waals surface area contributed by atoms with E-state index in [1.807, 2.05) is 17.5 Å². The maximum atomic E-state index is 10.9. The summed E-state index contributed by atoms with van der Waals surface area (Å²) < 4.78 is 0. The van der Waals surface area contributed by atoms with Gasteiger partial charge in [-0.2, -0.15) is 0 Å². The Hall–Kier alpha value is -1.88. The van der Waals surface area contributed by atoms with Crippen molar-refractivity contribution in [2.75, 3.05) is 11.1 Å². The van der Waals surface area contributed by atoms with E-state index in [9.17, 15) is 4.79 Å². The Morgan fingerprint density at radius 2 is 2.05 bits per heavy atom. The molecule has 0 aliphatic carbocycles. The van der Waals surface area contributed by atoms with Crippen LogP contribution in [0, 0.1) is 0 Å². The molecule has 1 aromatic heterocycles. The summed E-state index contributed by atoms with van der Waals surface area (Å²) in [6, 6.07) is 7.96. The summed E-state index contributed by atoms with van der Waals surface area (Å²) in [5.74, 6) is -0.0808. The molecule has 0 radical (unpaired) electrons. The van der Waals surface area contributed by atoms with Crippen molar-refractivity contribution in [2.45, 2.75) is 26.2 Å². The highest BCUT2D eigenvalue weighted by Gasteiger charge is 2.03. The van der Waals surface area contributed by atoms with Gasteiger partial charge in [-0.15, -0.1) is 11.3 Å². The Bertz CT molecular complexity index is 548. The number of nitrogens with zero attached hydrogens (tertiary/aromatic N) is 1. The van der Waals surface area contributed by atoms with Crippen molar-refractivity contribution in [1.29, 1.82) is 0 Å². The van der Waals surface area contributed by atoms with E-state index in [-0.39, 0.29) is 5.91 Å². The van der Waals surface area contributed by atoms with E-state index in [4.69, 9.17) is 5.73 Å². The van der Waals surface area contributed by atoms with E-state index in [0.29, 0.717) is 5.13 Å². The van der Waals surface area contributed by atoms with E-state index >= 15 is 0 Å². The summed E-state index contributed by atoms with van der Waals surface area (Å²) in [6.45, 7) is 1.49. The third-order valence-corrected chi connectivity index (χ3v) is 3.52. The van der Waals surface area contributed by atoms with Gasteiger partial charge in [0.2, 0.25) is 5.91 Å². The second kappa shape index (κ2) is 6.33. The number of aryl methyl sites for hydroxylation is 2. The van der Waals surface area contributed by atoms with E-state index in [1.165, 1.54) is 23.8 Å². The molecule has 1 amide bonds. The number of rotatable bonds is 5. The first kappa shape index (κ1) is 13.5. The van der Waals surface area contributed by atoms with Crippen molar-refractivity contribution < 1.29 is 4.79 Å². The Labute approximate surface area is 116 Å². The zero-order valence-corrected chi connectivity index (χ0v) is 11.7. The predicted molar refractivity (Wildman–Crippen MR) is 79.3 cm³/mol. The molecule has 100 valence electrons. The topological polar surface area (TPSA) is 68.0 Å². The minimum absolute atomic E-state index is 0.0808. The second-order valence-electron chi connectivity index (χ2n) is 4.42. The number of thiazole rings is 1. The van der Waals surface area contributed by atoms with Crippen LogP contribution >= 0.6 is 11.3 Å². The van der Waals surface area contributed by atoms with Gasteiger partial charge in [-0.3, -0.25) is 4.79 Å². The fourth-order valence-corrected chi connectivity index (χ4v) is 2.58. The van der Waals surface area contributed by atoms with Gasteiger partial charge in [0.25, 0.3) is 0 Å². The number of amides is 1. The maximum absolute atomic E-state index is 10.9. The molecule has 1 aromatic carbocycles. The lowest BCUT2D eigenvalue weighted by Crippen LogP contribution is -2.05. The molecule has 19 heavy (non-hydrogen) atoms. The highest BCUT2D eigenvalue weighted by atomic mass is 32.1. The summed E-state index contributed by atoms with van der Waals surface area (Å²) >= 11 is 1.47. The third-order valence-electron chi connectivity index (χ3n) is 2.71. The van der Waals surface area contributed by atoms with Gasteiger partial charge < -0.3 is 11.1 Å². The van der Waals surface area contributed by atoms with Gasteiger partial charge in [-0.1, -0.05) is 12.1 Å². The number of nitrogens with two attached hydrogens (primary N) is 1. The number of benzene rings is 1. The molecule has 2 rings (SSSR count). The summed E-state index contributed by atoms with van der Waals surface area (Å²) in [6.07, 6.45) is 2.96. The highest BCUT2D eigenvalue weighted by molar-refractivity contribution is 7.13. The van der Waals surface area contributed by atoms with Crippen molar-refractivity contribution in [1.82, 2.24) is 4.98 Å². The van der Waals surface area contributed by atoms with Crippen LogP contribution in [0.15, 0.2) is 29.6 Å². The van der Waals surface area contributed by atoms with Crippen molar-refractivity contribution in [2.24, 2.45) is 0 Å². The molecule has 4 nitrogen and oxygen atoms in total. The second-order valence-corrected chi connectivity index (χ2v) is 5.28. The number of nitrogen functional groups attached to an aromatic ring is 1. The van der Waals surface area contributed by atoms with E-state index in [1.54, 1.807) is 0 Å². The molecule has 0 saturated carbocycles. The van der Waals surface area contributed by atoms with Crippen LogP contribution in [-0.2, 0) is 17.6 Å². The zero-order valence-electron chi connectivity index (χ0n) is 10.8. The lowest BCUT2D eigenvalue weighted by Gasteiger charge is -2.01. The molecule has 0 aliphatic rings. The molecular formula is C14H17N3OS. The Kier molecular flexibility index (Phi) is 4.52. The van der Waals surface area contributed by atoms with Crippen LogP contribution < -0.4 is 11.1 Å². The molecule has 2 aromatic rings. The minimum Gasteiger partial charge on any atom is -0.399 e. The van der Waals surface area contributed by atoms with Gasteiger partial charge >= 0.3 is 0 Å². The SMILES string of the molecule is CC(=O)Nc1nc(CCCc2ccc(N)cc2)cs1. The summed E-state index contributed by atoms with van der Waals surface area (Å²) in [4.78, 5) is 15.3. The molecule has 0 unspecified atom stereocenters. The maximum Gasteiger partial charge on any atom is 0.223 e. The van der Waals surface area contributed by atoms with Crippen LogP contribution in [0.1, 0.15) is 24.6 Å². The monoisotopic (exact) mass is 275 g/mol. The first-order chi connectivity index (χ1) is 9.13. The Balaban J connectivity index is 1.80. The summed E-state index contributed by atoms with van der Waals surface area (Å²) in [5.41, 5.74) is 8.76. The molecular weight excluding hydrogens is 258 g/mol. The quantitative estimate of drug-likeness (QED) is 0.824. The number of hydrogen-bond donors (Lipinski definition) is 2. The Morgan fingerprint density at radius 1 is 1.32 bits per heavy atom. The molecule has 0 aliphatic heterocycles. The van der Waals surface area contributed by atoms with E-state index < -0.39 is 0 Å². The lowest BCUT2D eigenvalue weighted by atomic mass is 10.1. The van der Waals surface area contributed by atoms with Crippen molar-refractivity contribution >= 4 is 28.1 Å². The van der Waals surface area contributed by atoms with Crippen LogP contribution in [0.25, 0.3) is 0 Å². The predicted octanol–water partition coefficient (Wildman–Crippen LogP) is 2.86. The number of nitrogens with one attached hydrogen (secondary N) is 1. The van der Waals surface area contributed by atoms with E-state index in [2.05, 4.69) is 22.4 Å². The average molecular weight is 275 g/mol. The van der Waals surface area contributed by atoms with Gasteiger partial charge in [0.1, 0.15) is 0 Å². The molecule has 1 heterocycles.